The molecule has 0 aliphatic heterocycles. The van der Waals surface area contributed by atoms with Crippen LogP contribution < -0.4 is 0 Å². The van der Waals surface area contributed by atoms with Gasteiger partial charge in [-0.3, -0.25) is 0 Å². The largest absolute Gasteiger partial charge is 0.265 e. The van der Waals surface area contributed by atoms with Gasteiger partial charge < -0.3 is 0 Å². The molecular formula is C7H2Cl2F2N2O2S. The van der Waals surface area contributed by atoms with Crippen LogP contribution in [0.2, 0.25) is 5.15 Å². The second kappa shape index (κ2) is 4.49. The molecule has 1 aromatic rings. The van der Waals surface area contributed by atoms with Crippen LogP contribution in [0, 0.1) is 11.3 Å². The normalized spacial score (nSPS) is 11.5. The van der Waals surface area contributed by atoms with Gasteiger partial charge in [-0.05, 0) is 6.07 Å². The maximum Gasteiger partial charge on any atom is 0.265 e. The van der Waals surface area contributed by atoms with Gasteiger partial charge >= 0.3 is 0 Å². The number of rotatable bonds is 2. The molecule has 0 aliphatic carbocycles. The van der Waals surface area contributed by atoms with Crippen molar-refractivity contribution in [2.75, 3.05) is 0 Å². The van der Waals surface area contributed by atoms with Crippen molar-refractivity contribution in [1.29, 1.82) is 5.26 Å². The summed E-state index contributed by atoms with van der Waals surface area (Å²) in [6, 6.07) is 2.00. The van der Waals surface area contributed by atoms with Gasteiger partial charge in [0, 0.05) is 16.2 Å². The molecule has 1 aromatic heterocycles. The summed E-state index contributed by atoms with van der Waals surface area (Å²) in [5.74, 6) is 0. The Morgan fingerprint density at radius 1 is 1.50 bits per heavy atom. The van der Waals surface area contributed by atoms with Crippen LogP contribution in [0.15, 0.2) is 11.0 Å². The second-order valence-electron chi connectivity index (χ2n) is 2.56. The Labute approximate surface area is 98.8 Å². The van der Waals surface area contributed by atoms with E-state index in [1.165, 1.54) is 6.07 Å². The molecule has 86 valence electrons. The molecule has 0 saturated carbocycles. The van der Waals surface area contributed by atoms with Crippen molar-refractivity contribution in [2.24, 2.45) is 0 Å². The highest BCUT2D eigenvalue weighted by molar-refractivity contribution is 8.13. The zero-order valence-corrected chi connectivity index (χ0v) is 9.61. The number of halogens is 4. The first kappa shape index (κ1) is 13.1. The average molecular weight is 287 g/mol. The number of hydrogen-bond donors (Lipinski definition) is 0. The van der Waals surface area contributed by atoms with E-state index in [2.05, 4.69) is 4.98 Å². The van der Waals surface area contributed by atoms with E-state index in [0.29, 0.717) is 6.07 Å². The average Bonchev–Trinajstić information content (AvgIpc) is 2.14. The lowest BCUT2D eigenvalue weighted by atomic mass is 10.2. The van der Waals surface area contributed by atoms with Crippen LogP contribution in [0.4, 0.5) is 8.78 Å². The van der Waals surface area contributed by atoms with E-state index in [1.807, 2.05) is 0 Å². The molecule has 0 bridgehead atoms. The minimum atomic E-state index is -4.49. The van der Waals surface area contributed by atoms with Crippen molar-refractivity contribution in [3.63, 3.8) is 0 Å². The Bertz CT molecular complexity index is 568. The molecule has 0 spiro atoms. The van der Waals surface area contributed by atoms with Crippen LogP contribution in [0.3, 0.4) is 0 Å². The highest BCUT2D eigenvalue weighted by atomic mass is 35.7. The summed E-state index contributed by atoms with van der Waals surface area (Å²) in [6.45, 7) is 0. The van der Waals surface area contributed by atoms with E-state index < -0.39 is 36.8 Å². The van der Waals surface area contributed by atoms with Gasteiger partial charge in [0.05, 0.1) is 0 Å². The summed E-state index contributed by atoms with van der Waals surface area (Å²) < 4.78 is 47.2. The van der Waals surface area contributed by atoms with Gasteiger partial charge in [0.1, 0.15) is 16.1 Å². The second-order valence-corrected chi connectivity index (χ2v) is 5.45. The third-order valence-electron chi connectivity index (χ3n) is 1.56. The molecule has 0 amide bonds. The third-order valence-corrected chi connectivity index (χ3v) is 3.13. The van der Waals surface area contributed by atoms with Gasteiger partial charge in [0.2, 0.25) is 0 Å². The molecule has 0 saturated heterocycles. The van der Waals surface area contributed by atoms with Crippen molar-refractivity contribution in [2.45, 2.75) is 11.3 Å². The first-order valence-electron chi connectivity index (χ1n) is 3.60. The highest BCUT2D eigenvalue weighted by Gasteiger charge is 2.27. The minimum absolute atomic E-state index is 0.407. The van der Waals surface area contributed by atoms with Crippen molar-refractivity contribution >= 4 is 31.3 Å². The fourth-order valence-corrected chi connectivity index (χ4v) is 2.45. The van der Waals surface area contributed by atoms with E-state index in [-0.39, 0.29) is 0 Å². The maximum atomic E-state index is 12.5. The van der Waals surface area contributed by atoms with Crippen molar-refractivity contribution in [1.82, 2.24) is 4.98 Å². The Morgan fingerprint density at radius 2 is 2.06 bits per heavy atom. The Hall–Kier alpha value is -0.970. The molecule has 4 nitrogen and oxygen atoms in total. The Kier molecular flexibility index (Phi) is 3.68. The lowest BCUT2D eigenvalue weighted by Gasteiger charge is -2.07. The summed E-state index contributed by atoms with van der Waals surface area (Å²) in [6.07, 6.45) is -3.13. The number of hydrogen-bond acceptors (Lipinski definition) is 4. The summed E-state index contributed by atoms with van der Waals surface area (Å²) in [5.41, 5.74) is -1.69. The highest BCUT2D eigenvalue weighted by Crippen LogP contribution is 2.32. The minimum Gasteiger partial charge on any atom is -0.224 e. The quantitative estimate of drug-likeness (QED) is 0.618. The molecule has 0 fully saturated rings. The van der Waals surface area contributed by atoms with Crippen LogP contribution in [0.1, 0.15) is 17.7 Å². The monoisotopic (exact) mass is 286 g/mol. The topological polar surface area (TPSA) is 70.8 Å². The molecule has 9 heteroatoms. The van der Waals surface area contributed by atoms with E-state index in [0.717, 1.165) is 0 Å². The smallest absolute Gasteiger partial charge is 0.224 e. The maximum absolute atomic E-state index is 12.5. The summed E-state index contributed by atoms with van der Waals surface area (Å²) in [7, 11) is 0.459. The van der Waals surface area contributed by atoms with E-state index in [9.17, 15) is 17.2 Å². The molecule has 16 heavy (non-hydrogen) atoms. The molecule has 0 aliphatic rings. The number of nitrogens with zero attached hydrogens (tertiary/aromatic N) is 2. The van der Waals surface area contributed by atoms with E-state index in [1.54, 1.807) is 0 Å². The summed E-state index contributed by atoms with van der Waals surface area (Å²) in [4.78, 5) is 2.30. The van der Waals surface area contributed by atoms with Crippen LogP contribution in [0.5, 0.6) is 0 Å². The number of aromatic nitrogens is 1. The number of alkyl halides is 2. The Morgan fingerprint density at radius 3 is 2.44 bits per heavy atom. The molecule has 0 atom stereocenters. The van der Waals surface area contributed by atoms with E-state index in [4.69, 9.17) is 27.5 Å². The van der Waals surface area contributed by atoms with Gasteiger partial charge in [-0.15, -0.1) is 0 Å². The first-order valence-corrected chi connectivity index (χ1v) is 6.29. The molecule has 1 heterocycles. The van der Waals surface area contributed by atoms with Crippen molar-refractivity contribution in [3.8, 4) is 6.07 Å². The fraction of sp³-hybridized carbons (Fsp3) is 0.143. The van der Waals surface area contributed by atoms with Crippen molar-refractivity contribution < 1.29 is 17.2 Å². The van der Waals surface area contributed by atoms with Crippen LogP contribution in [-0.2, 0) is 9.05 Å². The summed E-state index contributed by atoms with van der Waals surface area (Å²) >= 11 is 5.36. The van der Waals surface area contributed by atoms with Gasteiger partial charge in [-0.25, -0.2) is 22.2 Å². The predicted octanol–water partition coefficient (Wildman–Crippen LogP) is 2.47. The van der Waals surface area contributed by atoms with E-state index >= 15 is 0 Å². The summed E-state index contributed by atoms with van der Waals surface area (Å²) in [5, 5.41) is 8.17. The molecule has 1 rings (SSSR count). The van der Waals surface area contributed by atoms with Crippen molar-refractivity contribution in [3.05, 3.63) is 22.5 Å². The standard InChI is InChI=1S/C7H2Cl2F2N2O2S/c8-5-1-3(7(10)11)6(16(9,14)15)4(2-12)13-5/h1,7H. The molecule has 0 N–H and O–H groups in total. The van der Waals surface area contributed by atoms with Gasteiger partial charge in [0.25, 0.3) is 15.5 Å². The van der Waals surface area contributed by atoms with Crippen LogP contribution >= 0.6 is 22.3 Å². The predicted molar refractivity (Wildman–Crippen MR) is 52.0 cm³/mol. The molecular weight excluding hydrogens is 285 g/mol. The van der Waals surface area contributed by atoms with Gasteiger partial charge in [-0.1, -0.05) is 11.6 Å². The van der Waals surface area contributed by atoms with Gasteiger partial charge in [0.15, 0.2) is 5.69 Å². The molecule has 0 radical (unpaired) electrons. The number of pyridine rings is 1. The molecule has 0 aromatic carbocycles. The first-order chi connectivity index (χ1) is 7.27. The lowest BCUT2D eigenvalue weighted by Crippen LogP contribution is -2.04. The lowest BCUT2D eigenvalue weighted by molar-refractivity contribution is 0.147. The van der Waals surface area contributed by atoms with Crippen LogP contribution in [-0.4, -0.2) is 13.4 Å². The van der Waals surface area contributed by atoms with Crippen LogP contribution in [0.25, 0.3) is 0 Å². The third kappa shape index (κ3) is 2.58. The SMILES string of the molecule is N#Cc1nc(Cl)cc(C(F)F)c1S(=O)(=O)Cl. The van der Waals surface area contributed by atoms with Gasteiger partial charge in [-0.2, -0.15) is 5.26 Å². The Balaban J connectivity index is 3.74. The number of nitriles is 1. The zero-order chi connectivity index (χ0) is 12.5. The molecule has 0 unspecified atom stereocenters. The zero-order valence-electron chi connectivity index (χ0n) is 7.29. The fourth-order valence-electron chi connectivity index (χ4n) is 1.01.